The second-order valence-corrected chi connectivity index (χ2v) is 9.44. The van der Waals surface area contributed by atoms with Gasteiger partial charge in [-0.25, -0.2) is 4.98 Å². The summed E-state index contributed by atoms with van der Waals surface area (Å²) >= 11 is 1.39. The number of hydrogen-bond donors (Lipinski definition) is 1. The number of nitrogens with zero attached hydrogens (tertiary/aromatic N) is 2. The lowest BCUT2D eigenvalue weighted by molar-refractivity contribution is -0.146. The van der Waals surface area contributed by atoms with Gasteiger partial charge in [0.2, 0.25) is 17.7 Å². The number of carbonyl (C=O) groups excluding carboxylic acids is 3. The van der Waals surface area contributed by atoms with E-state index in [1.807, 2.05) is 19.1 Å². The highest BCUT2D eigenvalue weighted by atomic mass is 32.1. The predicted octanol–water partition coefficient (Wildman–Crippen LogP) is 4.35. The van der Waals surface area contributed by atoms with Crippen molar-refractivity contribution in [2.45, 2.75) is 52.5 Å². The van der Waals surface area contributed by atoms with Crippen LogP contribution in [0.5, 0.6) is 0 Å². The molecular weight excluding hydrogens is 410 g/mol. The molecule has 0 radical (unpaired) electrons. The first kappa shape index (κ1) is 21.4. The van der Waals surface area contributed by atoms with Gasteiger partial charge in [0, 0.05) is 10.4 Å². The fourth-order valence-corrected chi connectivity index (χ4v) is 5.21. The number of benzene rings is 1. The molecule has 0 spiro atoms. The number of amides is 3. The molecule has 4 rings (SSSR count). The molecule has 1 aromatic heterocycles. The van der Waals surface area contributed by atoms with E-state index in [1.165, 1.54) is 16.9 Å². The smallest absolute Gasteiger partial charge is 0.249 e. The highest BCUT2D eigenvalue weighted by Crippen LogP contribution is 2.36. The van der Waals surface area contributed by atoms with E-state index in [1.54, 1.807) is 6.92 Å². The summed E-state index contributed by atoms with van der Waals surface area (Å²) in [6.45, 7) is 5.73. The lowest BCUT2D eigenvalue weighted by atomic mass is 9.85. The maximum absolute atomic E-state index is 12.9. The van der Waals surface area contributed by atoms with Crippen LogP contribution in [0, 0.1) is 18.8 Å². The largest absolute Gasteiger partial charge is 0.300 e. The van der Waals surface area contributed by atoms with Crippen molar-refractivity contribution >= 4 is 34.2 Å². The number of likely N-dealkylation sites (tertiary alicyclic amines) is 1. The molecule has 31 heavy (non-hydrogen) atoms. The Kier molecular flexibility index (Phi) is 6.05. The van der Waals surface area contributed by atoms with Gasteiger partial charge >= 0.3 is 0 Å². The van der Waals surface area contributed by atoms with Crippen molar-refractivity contribution in [2.75, 3.05) is 5.32 Å². The van der Waals surface area contributed by atoms with Crippen LogP contribution in [0.4, 0.5) is 5.13 Å². The molecule has 6 nitrogen and oxygen atoms in total. The Balaban J connectivity index is 1.47. The summed E-state index contributed by atoms with van der Waals surface area (Å²) in [5, 5.41) is 3.28. The van der Waals surface area contributed by atoms with Gasteiger partial charge in [-0.1, -0.05) is 49.8 Å². The van der Waals surface area contributed by atoms with Crippen molar-refractivity contribution in [3.63, 3.8) is 0 Å². The number of carbonyl (C=O) groups is 3. The molecule has 0 saturated carbocycles. The van der Waals surface area contributed by atoms with Crippen LogP contribution >= 0.6 is 11.3 Å². The van der Waals surface area contributed by atoms with Crippen LogP contribution in [-0.2, 0) is 20.8 Å². The van der Waals surface area contributed by atoms with Crippen molar-refractivity contribution in [2.24, 2.45) is 11.8 Å². The molecule has 1 fully saturated rings. The van der Waals surface area contributed by atoms with Gasteiger partial charge in [0.1, 0.15) is 6.04 Å². The zero-order chi connectivity index (χ0) is 22.1. The van der Waals surface area contributed by atoms with Gasteiger partial charge in [-0.3, -0.25) is 19.3 Å². The van der Waals surface area contributed by atoms with Crippen molar-refractivity contribution < 1.29 is 14.4 Å². The number of allylic oxidation sites excluding steroid dienone is 2. The summed E-state index contributed by atoms with van der Waals surface area (Å²) in [5.74, 6) is -1.56. The summed E-state index contributed by atoms with van der Waals surface area (Å²) in [6, 6.07) is 7.46. The zero-order valence-corrected chi connectivity index (χ0v) is 18.9. The number of aryl methyl sites for hydroxylation is 2. The Bertz CT molecular complexity index is 1010. The van der Waals surface area contributed by atoms with Gasteiger partial charge in [-0.05, 0) is 38.7 Å². The molecule has 7 heteroatoms. The van der Waals surface area contributed by atoms with Crippen molar-refractivity contribution in [1.82, 2.24) is 9.88 Å². The molecule has 1 N–H and O–H groups in total. The Hall–Kier alpha value is -2.80. The third kappa shape index (κ3) is 4.06. The number of aromatic nitrogens is 1. The number of thiazole rings is 1. The molecule has 1 saturated heterocycles. The van der Waals surface area contributed by atoms with Crippen LogP contribution in [0.2, 0.25) is 0 Å². The maximum atomic E-state index is 12.9. The fourth-order valence-electron chi connectivity index (χ4n) is 4.37. The standard InChI is InChI=1S/C24H27N3O3S/c1-4-7-16-10-12-17(13-11-16)20-15(3)31-24(25-20)26-21(28)14(2)27-22(29)18-8-5-6-9-19(18)23(27)30/h5-6,10-14,18-19H,4,7-9H2,1-3H3,(H,25,26,28)/t14-,18?,19?/m0/s1. The second-order valence-electron chi connectivity index (χ2n) is 8.24. The van der Waals surface area contributed by atoms with Crippen LogP contribution in [0.15, 0.2) is 36.4 Å². The van der Waals surface area contributed by atoms with Crippen LogP contribution < -0.4 is 5.32 Å². The van der Waals surface area contributed by atoms with Crippen LogP contribution in [-0.4, -0.2) is 33.6 Å². The number of nitrogens with one attached hydrogen (secondary N) is 1. The van der Waals surface area contributed by atoms with E-state index in [0.29, 0.717) is 18.0 Å². The van der Waals surface area contributed by atoms with Crippen molar-refractivity contribution in [3.8, 4) is 11.3 Å². The molecule has 2 unspecified atom stereocenters. The Morgan fingerprint density at radius 1 is 1.16 bits per heavy atom. The van der Waals surface area contributed by atoms with Gasteiger partial charge in [0.25, 0.3) is 0 Å². The third-order valence-corrected chi connectivity index (χ3v) is 6.99. The molecule has 162 valence electrons. The Morgan fingerprint density at radius 3 is 2.35 bits per heavy atom. The summed E-state index contributed by atoms with van der Waals surface area (Å²) in [4.78, 5) is 45.1. The molecule has 2 aliphatic rings. The fraction of sp³-hybridized carbons (Fsp3) is 0.417. The molecule has 3 amide bonds. The predicted molar refractivity (Wildman–Crippen MR) is 122 cm³/mol. The van der Waals surface area contributed by atoms with Gasteiger partial charge in [-0.15, -0.1) is 11.3 Å². The minimum atomic E-state index is -0.869. The molecule has 2 aromatic rings. The van der Waals surface area contributed by atoms with Crippen molar-refractivity contribution in [3.05, 3.63) is 46.9 Å². The lowest BCUT2D eigenvalue weighted by Gasteiger charge is -2.21. The minimum absolute atomic E-state index is 0.245. The quantitative estimate of drug-likeness (QED) is 0.538. The van der Waals surface area contributed by atoms with E-state index < -0.39 is 11.9 Å². The zero-order valence-electron chi connectivity index (χ0n) is 18.1. The summed E-state index contributed by atoms with van der Waals surface area (Å²) in [5.41, 5.74) is 3.13. The molecule has 1 aromatic carbocycles. The summed E-state index contributed by atoms with van der Waals surface area (Å²) < 4.78 is 0. The van der Waals surface area contributed by atoms with E-state index in [-0.39, 0.29) is 23.7 Å². The molecule has 0 bridgehead atoms. The number of rotatable bonds is 6. The van der Waals surface area contributed by atoms with Gasteiger partial charge in [-0.2, -0.15) is 0 Å². The number of hydrogen-bond acceptors (Lipinski definition) is 5. The number of anilines is 1. The summed E-state index contributed by atoms with van der Waals surface area (Å²) in [7, 11) is 0. The van der Waals surface area contributed by atoms with E-state index in [4.69, 9.17) is 0 Å². The minimum Gasteiger partial charge on any atom is -0.300 e. The average molecular weight is 438 g/mol. The van der Waals surface area contributed by atoms with E-state index >= 15 is 0 Å². The molecule has 2 heterocycles. The lowest BCUT2D eigenvalue weighted by Crippen LogP contribution is -2.46. The second kappa shape index (κ2) is 8.75. The van der Waals surface area contributed by atoms with Crippen LogP contribution in [0.25, 0.3) is 11.3 Å². The molecular formula is C24H27N3O3S. The topological polar surface area (TPSA) is 79.4 Å². The number of fused-ring (bicyclic) bond motifs is 1. The first-order valence-corrected chi connectivity index (χ1v) is 11.6. The monoisotopic (exact) mass is 437 g/mol. The van der Waals surface area contributed by atoms with Crippen LogP contribution in [0.3, 0.4) is 0 Å². The molecule has 1 aliphatic heterocycles. The normalized spacial score (nSPS) is 21.3. The Morgan fingerprint density at radius 2 is 1.77 bits per heavy atom. The van der Waals surface area contributed by atoms with Gasteiger partial charge in [0.05, 0.1) is 17.5 Å². The van der Waals surface area contributed by atoms with Crippen molar-refractivity contribution in [1.29, 1.82) is 0 Å². The van der Waals surface area contributed by atoms with Crippen LogP contribution in [0.1, 0.15) is 43.6 Å². The SMILES string of the molecule is CCCc1ccc(-c2nc(NC(=O)[C@H](C)N3C(=O)C4CC=CCC4C3=O)sc2C)cc1. The van der Waals surface area contributed by atoms with E-state index in [0.717, 1.165) is 33.9 Å². The molecule has 3 atom stereocenters. The average Bonchev–Trinajstić information content (AvgIpc) is 3.25. The first-order valence-electron chi connectivity index (χ1n) is 10.8. The third-order valence-electron chi connectivity index (χ3n) is 6.10. The number of imide groups is 1. The van der Waals surface area contributed by atoms with E-state index in [2.05, 4.69) is 41.5 Å². The van der Waals surface area contributed by atoms with Gasteiger partial charge in [0.15, 0.2) is 5.13 Å². The Labute approximate surface area is 186 Å². The van der Waals surface area contributed by atoms with E-state index in [9.17, 15) is 14.4 Å². The maximum Gasteiger partial charge on any atom is 0.249 e. The van der Waals surface area contributed by atoms with Gasteiger partial charge < -0.3 is 5.32 Å². The summed E-state index contributed by atoms with van der Waals surface area (Å²) in [6.07, 6.45) is 7.15. The molecule has 1 aliphatic carbocycles. The first-order chi connectivity index (χ1) is 14.9. The highest BCUT2D eigenvalue weighted by Gasteiger charge is 2.50. The highest BCUT2D eigenvalue weighted by molar-refractivity contribution is 7.16.